The standard InChI is InChI=1S/C18H36N2/c1-4-19-12-7-17-5-8-18(9-6-17)10-13-20(14-11-18)15-16(2)3/h16-17,19H,4-15H2,1-3H3. The van der Waals surface area contributed by atoms with Crippen molar-refractivity contribution >= 4 is 0 Å². The molecule has 1 saturated carbocycles. The predicted molar refractivity (Wildman–Crippen MR) is 88.1 cm³/mol. The SMILES string of the molecule is CCNCCC1CCC2(CC1)CCN(CC(C)C)CC2. The van der Waals surface area contributed by atoms with E-state index in [1.165, 1.54) is 71.1 Å². The van der Waals surface area contributed by atoms with Gasteiger partial charge in [-0.15, -0.1) is 0 Å². The van der Waals surface area contributed by atoms with E-state index in [1.807, 2.05) is 0 Å². The molecule has 0 bridgehead atoms. The Morgan fingerprint density at radius 3 is 2.30 bits per heavy atom. The minimum absolute atomic E-state index is 0.738. The van der Waals surface area contributed by atoms with Crippen molar-refractivity contribution in [2.45, 2.75) is 65.7 Å². The third-order valence-corrected chi connectivity index (χ3v) is 5.69. The predicted octanol–water partition coefficient (Wildman–Crippen LogP) is 3.91. The van der Waals surface area contributed by atoms with Gasteiger partial charge in [0.15, 0.2) is 0 Å². The van der Waals surface area contributed by atoms with E-state index in [4.69, 9.17) is 0 Å². The summed E-state index contributed by atoms with van der Waals surface area (Å²) in [7, 11) is 0. The minimum atomic E-state index is 0.738. The summed E-state index contributed by atoms with van der Waals surface area (Å²) in [6.07, 6.45) is 10.4. The lowest BCUT2D eigenvalue weighted by atomic mass is 9.65. The van der Waals surface area contributed by atoms with Crippen LogP contribution in [0.25, 0.3) is 0 Å². The van der Waals surface area contributed by atoms with Gasteiger partial charge >= 0.3 is 0 Å². The fourth-order valence-corrected chi connectivity index (χ4v) is 4.29. The first-order valence-electron chi connectivity index (χ1n) is 9.06. The molecular weight excluding hydrogens is 244 g/mol. The summed E-state index contributed by atoms with van der Waals surface area (Å²) in [5.41, 5.74) is 0.738. The van der Waals surface area contributed by atoms with E-state index < -0.39 is 0 Å². The van der Waals surface area contributed by atoms with E-state index in [0.717, 1.165) is 23.8 Å². The van der Waals surface area contributed by atoms with Crippen molar-refractivity contribution in [3.63, 3.8) is 0 Å². The molecule has 1 aliphatic heterocycles. The van der Waals surface area contributed by atoms with Crippen molar-refractivity contribution < 1.29 is 0 Å². The van der Waals surface area contributed by atoms with E-state index in [0.29, 0.717) is 0 Å². The van der Waals surface area contributed by atoms with E-state index >= 15 is 0 Å². The Kier molecular flexibility index (Phi) is 6.35. The molecule has 1 spiro atoms. The van der Waals surface area contributed by atoms with Gasteiger partial charge in [0.1, 0.15) is 0 Å². The molecule has 118 valence electrons. The van der Waals surface area contributed by atoms with Crippen molar-refractivity contribution in [1.82, 2.24) is 10.2 Å². The second-order valence-corrected chi connectivity index (χ2v) is 7.78. The normalized spacial score (nSPS) is 24.6. The Morgan fingerprint density at radius 1 is 1.10 bits per heavy atom. The van der Waals surface area contributed by atoms with Gasteiger partial charge < -0.3 is 10.2 Å². The highest BCUT2D eigenvalue weighted by Crippen LogP contribution is 2.46. The molecule has 0 unspecified atom stereocenters. The lowest BCUT2D eigenvalue weighted by Gasteiger charge is -2.46. The van der Waals surface area contributed by atoms with Crippen LogP contribution in [0.5, 0.6) is 0 Å². The lowest BCUT2D eigenvalue weighted by Crippen LogP contribution is -2.43. The van der Waals surface area contributed by atoms with Crippen molar-refractivity contribution in [1.29, 1.82) is 0 Å². The van der Waals surface area contributed by atoms with Gasteiger partial charge in [-0.1, -0.05) is 20.8 Å². The van der Waals surface area contributed by atoms with Crippen LogP contribution in [0.2, 0.25) is 0 Å². The second kappa shape index (κ2) is 7.79. The summed E-state index contributed by atoms with van der Waals surface area (Å²) in [6.45, 7) is 13.3. The van der Waals surface area contributed by atoms with E-state index in [1.54, 1.807) is 0 Å². The molecule has 0 aromatic carbocycles. The highest BCUT2D eigenvalue weighted by Gasteiger charge is 2.37. The van der Waals surface area contributed by atoms with Crippen LogP contribution < -0.4 is 5.32 Å². The molecule has 2 nitrogen and oxygen atoms in total. The highest BCUT2D eigenvalue weighted by atomic mass is 15.1. The summed E-state index contributed by atoms with van der Waals surface area (Å²) in [6, 6.07) is 0. The zero-order valence-electron chi connectivity index (χ0n) is 14.1. The first-order chi connectivity index (χ1) is 9.63. The third kappa shape index (κ3) is 4.73. The molecule has 0 atom stereocenters. The molecule has 2 rings (SSSR count). The Labute approximate surface area is 126 Å². The fourth-order valence-electron chi connectivity index (χ4n) is 4.29. The summed E-state index contributed by atoms with van der Waals surface area (Å²) in [4.78, 5) is 2.70. The maximum absolute atomic E-state index is 3.48. The number of piperidine rings is 1. The van der Waals surface area contributed by atoms with Crippen molar-refractivity contribution in [3.05, 3.63) is 0 Å². The summed E-state index contributed by atoms with van der Waals surface area (Å²) < 4.78 is 0. The first-order valence-corrected chi connectivity index (χ1v) is 9.06. The summed E-state index contributed by atoms with van der Waals surface area (Å²) in [5.74, 6) is 1.83. The fraction of sp³-hybridized carbons (Fsp3) is 1.00. The molecule has 0 radical (unpaired) electrons. The highest BCUT2D eigenvalue weighted by molar-refractivity contribution is 4.90. The van der Waals surface area contributed by atoms with Crippen LogP contribution in [0.4, 0.5) is 0 Å². The molecule has 2 aliphatic rings. The van der Waals surface area contributed by atoms with Gasteiger partial charge in [-0.05, 0) is 88.4 Å². The van der Waals surface area contributed by atoms with Gasteiger partial charge in [-0.25, -0.2) is 0 Å². The number of likely N-dealkylation sites (tertiary alicyclic amines) is 1. The molecule has 1 saturated heterocycles. The summed E-state index contributed by atoms with van der Waals surface area (Å²) in [5, 5.41) is 3.48. The molecule has 0 aromatic heterocycles. The van der Waals surface area contributed by atoms with Crippen LogP contribution >= 0.6 is 0 Å². The van der Waals surface area contributed by atoms with Crippen LogP contribution in [0.1, 0.15) is 65.7 Å². The van der Waals surface area contributed by atoms with E-state index in [-0.39, 0.29) is 0 Å². The van der Waals surface area contributed by atoms with Crippen molar-refractivity contribution in [3.8, 4) is 0 Å². The van der Waals surface area contributed by atoms with Crippen LogP contribution in [0.15, 0.2) is 0 Å². The van der Waals surface area contributed by atoms with Gasteiger partial charge in [0.25, 0.3) is 0 Å². The molecule has 20 heavy (non-hydrogen) atoms. The molecule has 1 aliphatic carbocycles. The zero-order chi connectivity index (χ0) is 14.4. The molecule has 2 fully saturated rings. The minimum Gasteiger partial charge on any atom is -0.317 e. The number of nitrogens with zero attached hydrogens (tertiary/aromatic N) is 1. The van der Waals surface area contributed by atoms with Gasteiger partial charge in [-0.3, -0.25) is 0 Å². The maximum atomic E-state index is 3.48. The molecular formula is C18H36N2. The Bertz CT molecular complexity index is 257. The summed E-state index contributed by atoms with van der Waals surface area (Å²) >= 11 is 0. The molecule has 2 heteroatoms. The first kappa shape index (κ1) is 16.3. The Hall–Kier alpha value is -0.0800. The monoisotopic (exact) mass is 280 g/mol. The molecule has 0 amide bonds. The Morgan fingerprint density at radius 2 is 1.75 bits per heavy atom. The largest absolute Gasteiger partial charge is 0.317 e. The number of hydrogen-bond acceptors (Lipinski definition) is 2. The van der Waals surface area contributed by atoms with Gasteiger partial charge in [-0.2, -0.15) is 0 Å². The van der Waals surface area contributed by atoms with Crippen LogP contribution in [-0.4, -0.2) is 37.6 Å². The van der Waals surface area contributed by atoms with Gasteiger partial charge in [0.05, 0.1) is 0 Å². The molecule has 1 heterocycles. The van der Waals surface area contributed by atoms with Crippen LogP contribution in [-0.2, 0) is 0 Å². The molecule has 1 N–H and O–H groups in total. The average Bonchev–Trinajstić information content (AvgIpc) is 2.44. The molecule has 0 aromatic rings. The number of nitrogens with one attached hydrogen (secondary N) is 1. The third-order valence-electron chi connectivity index (χ3n) is 5.69. The Balaban J connectivity index is 1.68. The van der Waals surface area contributed by atoms with E-state index in [2.05, 4.69) is 31.0 Å². The van der Waals surface area contributed by atoms with Gasteiger partial charge in [0.2, 0.25) is 0 Å². The quantitative estimate of drug-likeness (QED) is 0.742. The van der Waals surface area contributed by atoms with Crippen molar-refractivity contribution in [2.24, 2.45) is 17.3 Å². The van der Waals surface area contributed by atoms with Gasteiger partial charge in [0, 0.05) is 6.54 Å². The van der Waals surface area contributed by atoms with Crippen molar-refractivity contribution in [2.75, 3.05) is 32.7 Å². The van der Waals surface area contributed by atoms with Crippen LogP contribution in [0.3, 0.4) is 0 Å². The number of hydrogen-bond donors (Lipinski definition) is 1. The lowest BCUT2D eigenvalue weighted by molar-refractivity contribution is 0.0463. The smallest absolute Gasteiger partial charge is 0.000439 e. The topological polar surface area (TPSA) is 15.3 Å². The zero-order valence-corrected chi connectivity index (χ0v) is 14.1. The second-order valence-electron chi connectivity index (χ2n) is 7.78. The van der Waals surface area contributed by atoms with Crippen LogP contribution in [0, 0.1) is 17.3 Å². The number of rotatable bonds is 6. The van der Waals surface area contributed by atoms with E-state index in [9.17, 15) is 0 Å². The maximum Gasteiger partial charge on any atom is 0.000439 e. The average molecular weight is 280 g/mol.